The number of carbonyl (C=O) groups is 1. The van der Waals surface area contributed by atoms with Crippen molar-refractivity contribution in [3.8, 4) is 5.75 Å². The second-order valence-electron chi connectivity index (χ2n) is 9.59. The Labute approximate surface area is 192 Å². The zero-order valence-electron chi connectivity index (χ0n) is 19.6. The Hall–Kier alpha value is -2.59. The molecule has 2 aromatic rings. The van der Waals surface area contributed by atoms with Crippen LogP contribution >= 0.6 is 0 Å². The average Bonchev–Trinajstić information content (AvgIpc) is 2.80. The summed E-state index contributed by atoms with van der Waals surface area (Å²) in [6.45, 7) is 6.85. The summed E-state index contributed by atoms with van der Waals surface area (Å²) in [7, 11) is 1.65. The molecule has 1 heterocycles. The van der Waals surface area contributed by atoms with E-state index in [9.17, 15) is 4.79 Å². The Balaban J connectivity index is 1.58. The molecule has 1 aliphatic heterocycles. The minimum absolute atomic E-state index is 0.0404. The van der Waals surface area contributed by atoms with Crippen LogP contribution in [0.5, 0.6) is 5.75 Å². The molecule has 1 saturated carbocycles. The third kappa shape index (κ3) is 4.75. The van der Waals surface area contributed by atoms with E-state index in [0.29, 0.717) is 17.8 Å². The van der Waals surface area contributed by atoms with E-state index in [-0.39, 0.29) is 18.1 Å². The molecular weight excluding hydrogens is 398 g/mol. The molecule has 1 saturated heterocycles. The minimum Gasteiger partial charge on any atom is -0.497 e. The molecule has 5 atom stereocenters. The van der Waals surface area contributed by atoms with Gasteiger partial charge >= 0.3 is 0 Å². The number of amides is 1. The summed E-state index contributed by atoms with van der Waals surface area (Å²) < 4.78 is 11.9. The monoisotopic (exact) mass is 433 g/mol. The summed E-state index contributed by atoms with van der Waals surface area (Å²) in [5, 5.41) is 0. The fourth-order valence-corrected chi connectivity index (χ4v) is 5.08. The van der Waals surface area contributed by atoms with E-state index >= 15 is 0 Å². The molecule has 2 aliphatic rings. The number of anilines is 1. The van der Waals surface area contributed by atoms with E-state index in [0.717, 1.165) is 23.4 Å². The van der Waals surface area contributed by atoms with E-state index in [1.165, 1.54) is 12.8 Å². The van der Waals surface area contributed by atoms with Crippen molar-refractivity contribution in [2.75, 3.05) is 12.0 Å². The Morgan fingerprint density at radius 1 is 1.03 bits per heavy atom. The first kappa shape index (κ1) is 22.6. The van der Waals surface area contributed by atoms with E-state index < -0.39 is 6.10 Å². The summed E-state index contributed by atoms with van der Waals surface area (Å²) in [4.78, 5) is 15.2. The smallest absolute Gasteiger partial charge is 0.259 e. The Bertz CT molecular complexity index is 921. The van der Waals surface area contributed by atoms with Crippen molar-refractivity contribution in [2.24, 2.45) is 17.8 Å². The number of nitrogens with zero attached hydrogens (tertiary/aromatic N) is 1. The largest absolute Gasteiger partial charge is 0.497 e. The van der Waals surface area contributed by atoms with Crippen LogP contribution in [0.2, 0.25) is 0 Å². The molecule has 4 nitrogen and oxygen atoms in total. The van der Waals surface area contributed by atoms with Gasteiger partial charge in [-0.15, -0.1) is 0 Å². The van der Waals surface area contributed by atoms with Gasteiger partial charge < -0.3 is 9.47 Å². The van der Waals surface area contributed by atoms with Crippen LogP contribution in [-0.4, -0.2) is 31.3 Å². The van der Waals surface area contributed by atoms with Crippen molar-refractivity contribution in [1.82, 2.24) is 0 Å². The van der Waals surface area contributed by atoms with Crippen LogP contribution in [0.3, 0.4) is 0 Å². The van der Waals surface area contributed by atoms with Gasteiger partial charge in [0, 0.05) is 5.69 Å². The molecule has 4 heteroatoms. The molecule has 2 aromatic carbocycles. The Morgan fingerprint density at radius 3 is 2.41 bits per heavy atom. The van der Waals surface area contributed by atoms with Crippen molar-refractivity contribution >= 4 is 17.7 Å². The SMILES string of the molecule is COc1ccc(N2C(=O)[C@H](O[C@@H]3C[C@H](C)CC[C@@H]3C(C)C)[C@H]2/C=C\c2ccccc2)cc1. The number of rotatable bonds is 7. The highest BCUT2D eigenvalue weighted by Crippen LogP contribution is 2.39. The van der Waals surface area contributed by atoms with E-state index in [2.05, 4.69) is 45.1 Å². The van der Waals surface area contributed by atoms with Gasteiger partial charge in [-0.05, 0) is 60.4 Å². The van der Waals surface area contributed by atoms with Gasteiger partial charge in [0.15, 0.2) is 6.10 Å². The zero-order chi connectivity index (χ0) is 22.7. The van der Waals surface area contributed by atoms with Gasteiger partial charge in [-0.2, -0.15) is 0 Å². The lowest BCUT2D eigenvalue weighted by Crippen LogP contribution is -2.66. The lowest BCUT2D eigenvalue weighted by molar-refractivity contribution is -0.154. The van der Waals surface area contributed by atoms with Crippen LogP contribution < -0.4 is 9.64 Å². The maximum absolute atomic E-state index is 13.3. The van der Waals surface area contributed by atoms with Gasteiger partial charge in [0.2, 0.25) is 0 Å². The minimum atomic E-state index is -0.436. The fourth-order valence-electron chi connectivity index (χ4n) is 5.08. The Kier molecular flexibility index (Phi) is 7.00. The third-order valence-corrected chi connectivity index (χ3v) is 7.01. The summed E-state index contributed by atoms with van der Waals surface area (Å²) in [6.07, 6.45) is 7.36. The summed E-state index contributed by atoms with van der Waals surface area (Å²) in [5.41, 5.74) is 1.99. The summed E-state index contributed by atoms with van der Waals surface area (Å²) in [6, 6.07) is 17.8. The predicted molar refractivity (Wildman–Crippen MR) is 130 cm³/mol. The zero-order valence-corrected chi connectivity index (χ0v) is 19.6. The first-order chi connectivity index (χ1) is 15.5. The van der Waals surface area contributed by atoms with Gasteiger partial charge in [0.25, 0.3) is 5.91 Å². The van der Waals surface area contributed by atoms with Crippen LogP contribution in [-0.2, 0) is 9.53 Å². The number of hydrogen-bond acceptors (Lipinski definition) is 3. The van der Waals surface area contributed by atoms with E-state index in [1.807, 2.05) is 47.4 Å². The van der Waals surface area contributed by atoms with E-state index in [1.54, 1.807) is 7.11 Å². The molecule has 1 amide bonds. The molecule has 0 N–H and O–H groups in total. The van der Waals surface area contributed by atoms with Crippen LogP contribution in [0.25, 0.3) is 6.08 Å². The molecule has 32 heavy (non-hydrogen) atoms. The van der Waals surface area contributed by atoms with Crippen LogP contribution in [0.1, 0.15) is 45.6 Å². The van der Waals surface area contributed by atoms with Crippen molar-refractivity contribution in [2.45, 2.75) is 58.3 Å². The predicted octanol–water partition coefficient (Wildman–Crippen LogP) is 5.97. The summed E-state index contributed by atoms with van der Waals surface area (Å²) >= 11 is 0. The van der Waals surface area contributed by atoms with Crippen molar-refractivity contribution < 1.29 is 14.3 Å². The van der Waals surface area contributed by atoms with Gasteiger partial charge in [0.05, 0.1) is 19.3 Å². The molecule has 2 fully saturated rings. The van der Waals surface area contributed by atoms with Crippen LogP contribution in [0.4, 0.5) is 5.69 Å². The molecule has 4 rings (SSSR count). The van der Waals surface area contributed by atoms with Crippen molar-refractivity contribution in [3.05, 3.63) is 66.2 Å². The summed E-state index contributed by atoms with van der Waals surface area (Å²) in [5.74, 6) is 2.52. The maximum atomic E-state index is 13.3. The first-order valence-corrected chi connectivity index (χ1v) is 11.8. The first-order valence-electron chi connectivity index (χ1n) is 11.8. The molecule has 1 aliphatic carbocycles. The number of carbonyl (C=O) groups excluding carboxylic acids is 1. The molecule has 0 radical (unpaired) electrons. The molecule has 0 bridgehead atoms. The van der Waals surface area contributed by atoms with Crippen molar-refractivity contribution in [1.29, 1.82) is 0 Å². The van der Waals surface area contributed by atoms with Gasteiger partial charge in [-0.3, -0.25) is 9.69 Å². The maximum Gasteiger partial charge on any atom is 0.259 e. The number of benzene rings is 2. The second-order valence-corrected chi connectivity index (χ2v) is 9.59. The molecule has 0 spiro atoms. The van der Waals surface area contributed by atoms with E-state index in [4.69, 9.17) is 9.47 Å². The number of β-lactam (4-membered cyclic amide) rings is 1. The molecule has 0 unspecified atom stereocenters. The second kappa shape index (κ2) is 9.91. The number of methoxy groups -OCH3 is 1. The molecule has 170 valence electrons. The third-order valence-electron chi connectivity index (χ3n) is 7.01. The van der Waals surface area contributed by atoms with Gasteiger partial charge in [0.1, 0.15) is 5.75 Å². The van der Waals surface area contributed by atoms with Gasteiger partial charge in [-0.1, -0.05) is 69.7 Å². The van der Waals surface area contributed by atoms with Gasteiger partial charge in [-0.25, -0.2) is 0 Å². The highest BCUT2D eigenvalue weighted by atomic mass is 16.5. The lowest BCUT2D eigenvalue weighted by Gasteiger charge is -2.48. The topological polar surface area (TPSA) is 38.8 Å². The van der Waals surface area contributed by atoms with Crippen molar-refractivity contribution in [3.63, 3.8) is 0 Å². The molecular formula is C28H35NO3. The average molecular weight is 434 g/mol. The lowest BCUT2D eigenvalue weighted by atomic mass is 9.75. The molecule has 0 aromatic heterocycles. The fraction of sp³-hybridized carbons (Fsp3) is 0.464. The quantitative estimate of drug-likeness (QED) is 0.505. The number of ether oxygens (including phenoxy) is 2. The van der Waals surface area contributed by atoms with Crippen LogP contribution in [0, 0.1) is 17.8 Å². The standard InChI is InChI=1S/C28H35NO3/c1-19(2)24-16-10-20(3)18-26(24)32-27-25(17-11-21-8-6-5-7-9-21)29(28(27)30)22-12-14-23(31-4)15-13-22/h5-9,11-15,17,19-20,24-27H,10,16,18H2,1-4H3/b17-11-/t20-,24-,25-,26-,27-/m1/s1. The highest BCUT2D eigenvalue weighted by molar-refractivity contribution is 6.05. The highest BCUT2D eigenvalue weighted by Gasteiger charge is 2.50. The Morgan fingerprint density at radius 2 is 1.75 bits per heavy atom. The normalized spacial score (nSPS) is 28.2. The van der Waals surface area contributed by atoms with Crippen LogP contribution in [0.15, 0.2) is 60.7 Å². The number of hydrogen-bond donors (Lipinski definition) is 0.